The molecular weight excluding hydrogens is 556 g/mol. The van der Waals surface area contributed by atoms with Gasteiger partial charge in [-0.2, -0.15) is 0 Å². The third-order valence-electron chi connectivity index (χ3n) is 9.52. The van der Waals surface area contributed by atoms with E-state index in [0.717, 1.165) is 28.3 Å². The summed E-state index contributed by atoms with van der Waals surface area (Å²) in [5.74, 6) is 0.790. The number of carbonyl (C=O) groups is 1. The van der Waals surface area contributed by atoms with E-state index in [0.29, 0.717) is 25.9 Å². The lowest BCUT2D eigenvalue weighted by atomic mass is 9.82. The molecule has 0 unspecified atom stereocenters. The van der Waals surface area contributed by atoms with Crippen molar-refractivity contribution >= 4 is 24.9 Å². The second kappa shape index (κ2) is 11.7. The van der Waals surface area contributed by atoms with Crippen LogP contribution in [0.3, 0.4) is 0 Å². The number of anilines is 1. The summed E-state index contributed by atoms with van der Waals surface area (Å²) < 4.78 is 14.5. The minimum Gasteiger partial charge on any atom is -0.497 e. The standard InChI is InChI=1S/C34H40N4O4Si/c1-24-32(43(3,4)28-16-14-27(41-2)15-17-28)31(18-20-37-23-26(19-21-39)35-36-37)42-34(24)29-12-8-9-13-30(29)38(33(34)40)22-25-10-6-5-7-11-25/h5-17,23-24,31-32,39H,18-22H2,1-4H3/t24-,31+,32-,34+/m1/s1. The van der Waals surface area contributed by atoms with Gasteiger partial charge >= 0.3 is 0 Å². The molecule has 224 valence electrons. The highest BCUT2D eigenvalue weighted by Gasteiger charge is 2.66. The zero-order valence-electron chi connectivity index (χ0n) is 25.3. The van der Waals surface area contributed by atoms with Crippen LogP contribution in [0.25, 0.3) is 0 Å². The molecule has 0 saturated carbocycles. The van der Waals surface area contributed by atoms with Crippen molar-refractivity contribution in [3.8, 4) is 5.75 Å². The van der Waals surface area contributed by atoms with Gasteiger partial charge in [-0.15, -0.1) is 5.10 Å². The molecule has 8 nitrogen and oxygen atoms in total. The second-order valence-electron chi connectivity index (χ2n) is 12.3. The fourth-order valence-corrected chi connectivity index (χ4v) is 11.5. The van der Waals surface area contributed by atoms with E-state index in [9.17, 15) is 9.90 Å². The molecule has 0 bridgehead atoms. The average molecular weight is 597 g/mol. The smallest absolute Gasteiger partial charge is 0.264 e. The highest BCUT2D eigenvalue weighted by atomic mass is 28.3. The second-order valence-corrected chi connectivity index (χ2v) is 17.0. The van der Waals surface area contributed by atoms with E-state index in [1.807, 2.05) is 64.3 Å². The Kier molecular flexibility index (Phi) is 7.98. The molecule has 1 fully saturated rings. The summed E-state index contributed by atoms with van der Waals surface area (Å²) in [6.45, 7) is 8.16. The number of aliphatic hydroxyl groups excluding tert-OH is 1. The third kappa shape index (κ3) is 5.09. The maximum Gasteiger partial charge on any atom is 0.264 e. The van der Waals surface area contributed by atoms with Crippen LogP contribution in [0.2, 0.25) is 18.6 Å². The molecule has 4 atom stereocenters. The van der Waals surface area contributed by atoms with Crippen molar-refractivity contribution in [3.63, 3.8) is 0 Å². The predicted molar refractivity (Wildman–Crippen MR) is 169 cm³/mol. The van der Waals surface area contributed by atoms with Gasteiger partial charge in [0.2, 0.25) is 0 Å². The molecule has 3 aromatic carbocycles. The molecule has 1 spiro atoms. The van der Waals surface area contributed by atoms with Gasteiger partial charge in [-0.1, -0.05) is 91.1 Å². The van der Waals surface area contributed by atoms with E-state index in [1.54, 1.807) is 7.11 Å². The van der Waals surface area contributed by atoms with Crippen molar-refractivity contribution in [2.75, 3.05) is 18.6 Å². The number of hydrogen-bond donors (Lipinski definition) is 1. The molecule has 9 heteroatoms. The summed E-state index contributed by atoms with van der Waals surface area (Å²) in [4.78, 5) is 16.7. The zero-order chi connectivity index (χ0) is 30.2. The van der Waals surface area contributed by atoms with Crippen molar-refractivity contribution in [2.24, 2.45) is 5.92 Å². The van der Waals surface area contributed by atoms with Crippen LogP contribution < -0.4 is 14.8 Å². The number of methoxy groups -OCH3 is 1. The van der Waals surface area contributed by atoms with E-state index in [-0.39, 0.29) is 30.1 Å². The Morgan fingerprint density at radius 2 is 1.74 bits per heavy atom. The van der Waals surface area contributed by atoms with Crippen LogP contribution in [0.5, 0.6) is 5.75 Å². The number of ether oxygens (including phenoxy) is 2. The Balaban J connectivity index is 1.39. The largest absolute Gasteiger partial charge is 0.497 e. The summed E-state index contributed by atoms with van der Waals surface area (Å²) in [6.07, 6.45) is 2.89. The minimum atomic E-state index is -2.22. The van der Waals surface area contributed by atoms with Crippen LogP contribution in [0.15, 0.2) is 85.1 Å². The number of benzene rings is 3. The predicted octanol–water partition coefficient (Wildman–Crippen LogP) is 4.67. The lowest BCUT2D eigenvalue weighted by molar-refractivity contribution is -0.146. The highest BCUT2D eigenvalue weighted by molar-refractivity contribution is 6.91. The SMILES string of the molecule is COc1ccc([Si](C)(C)[C@H]2[C@H](CCn3cc(CCO)nn3)O[C@@]3(C(=O)N(Cc4ccccc4)c4ccccc43)[C@@H]2C)cc1. The number of para-hydroxylation sites is 1. The fraction of sp³-hybridized carbons (Fsp3) is 0.382. The summed E-state index contributed by atoms with van der Waals surface area (Å²) in [6, 6.07) is 26.7. The molecule has 3 heterocycles. The van der Waals surface area contributed by atoms with Crippen molar-refractivity contribution < 1.29 is 19.4 Å². The molecular formula is C34H40N4O4Si. The number of rotatable bonds is 10. The maximum atomic E-state index is 14.7. The van der Waals surface area contributed by atoms with Gasteiger partial charge < -0.3 is 19.5 Å². The van der Waals surface area contributed by atoms with Crippen LogP contribution in [-0.4, -0.2) is 53.9 Å². The van der Waals surface area contributed by atoms with Crippen LogP contribution in [0, 0.1) is 5.92 Å². The number of nitrogens with zero attached hydrogens (tertiary/aromatic N) is 4. The van der Waals surface area contributed by atoms with Gasteiger partial charge in [0.25, 0.3) is 5.91 Å². The van der Waals surface area contributed by atoms with Gasteiger partial charge in [0.15, 0.2) is 5.60 Å². The van der Waals surface area contributed by atoms with E-state index >= 15 is 0 Å². The Morgan fingerprint density at radius 1 is 1.02 bits per heavy atom. The van der Waals surface area contributed by atoms with Gasteiger partial charge in [0.05, 0.1) is 39.2 Å². The summed E-state index contributed by atoms with van der Waals surface area (Å²) >= 11 is 0. The average Bonchev–Trinajstić information content (AvgIpc) is 3.67. The van der Waals surface area contributed by atoms with Crippen molar-refractivity contribution in [3.05, 3.63) is 102 Å². The van der Waals surface area contributed by atoms with Crippen molar-refractivity contribution in [1.82, 2.24) is 15.0 Å². The lowest BCUT2D eigenvalue weighted by Crippen LogP contribution is -2.51. The molecule has 1 saturated heterocycles. The first-order valence-electron chi connectivity index (χ1n) is 15.1. The first-order chi connectivity index (χ1) is 20.8. The molecule has 6 rings (SSSR count). The van der Waals surface area contributed by atoms with Crippen LogP contribution in [-0.2, 0) is 34.6 Å². The summed E-state index contributed by atoms with van der Waals surface area (Å²) in [7, 11) is -0.539. The van der Waals surface area contributed by atoms with Gasteiger partial charge in [0.1, 0.15) is 5.75 Å². The normalized spacial score (nSPS) is 23.2. The minimum absolute atomic E-state index is 0.0167. The van der Waals surface area contributed by atoms with E-state index in [4.69, 9.17) is 9.47 Å². The van der Waals surface area contributed by atoms with E-state index in [2.05, 4.69) is 60.7 Å². The third-order valence-corrected chi connectivity index (χ3v) is 13.9. The number of aromatic nitrogens is 3. The number of carbonyl (C=O) groups excluding carboxylic acids is 1. The van der Waals surface area contributed by atoms with Crippen LogP contribution >= 0.6 is 0 Å². The number of hydrogen-bond acceptors (Lipinski definition) is 6. The van der Waals surface area contributed by atoms with Gasteiger partial charge in [-0.05, 0) is 35.7 Å². The Labute approximate surface area is 254 Å². The molecule has 4 aromatic rings. The summed E-state index contributed by atoms with van der Waals surface area (Å²) in [5.41, 5.74) is 2.81. The summed E-state index contributed by atoms with van der Waals surface area (Å²) in [5, 5.41) is 19.1. The maximum absolute atomic E-state index is 14.7. The Bertz CT molecular complexity index is 1570. The van der Waals surface area contributed by atoms with Gasteiger partial charge in [-0.3, -0.25) is 9.48 Å². The lowest BCUT2D eigenvalue weighted by Gasteiger charge is -2.37. The molecule has 0 radical (unpaired) electrons. The van der Waals surface area contributed by atoms with Crippen LogP contribution in [0.1, 0.15) is 30.2 Å². The van der Waals surface area contributed by atoms with Gasteiger partial charge in [-0.25, -0.2) is 0 Å². The monoisotopic (exact) mass is 596 g/mol. The first kappa shape index (κ1) is 29.3. The zero-order valence-corrected chi connectivity index (χ0v) is 26.3. The fourth-order valence-electron chi connectivity index (χ4n) is 7.40. The number of amides is 1. The van der Waals surface area contributed by atoms with Crippen molar-refractivity contribution in [2.45, 2.75) is 63.2 Å². The number of aliphatic hydroxyl groups is 1. The molecule has 1 N–H and O–H groups in total. The molecule has 1 aromatic heterocycles. The topological polar surface area (TPSA) is 89.7 Å². The van der Waals surface area contributed by atoms with Crippen molar-refractivity contribution in [1.29, 1.82) is 0 Å². The molecule has 0 aliphatic carbocycles. The van der Waals surface area contributed by atoms with E-state index in [1.165, 1.54) is 5.19 Å². The molecule has 2 aliphatic heterocycles. The number of aryl methyl sites for hydroxylation is 1. The Hall–Kier alpha value is -3.79. The molecule has 1 amide bonds. The first-order valence-corrected chi connectivity index (χ1v) is 18.1. The quantitative estimate of drug-likeness (QED) is 0.268. The van der Waals surface area contributed by atoms with Crippen LogP contribution in [0.4, 0.5) is 5.69 Å². The molecule has 43 heavy (non-hydrogen) atoms. The van der Waals surface area contributed by atoms with E-state index < -0.39 is 13.7 Å². The highest BCUT2D eigenvalue weighted by Crippen LogP contribution is 2.60. The Morgan fingerprint density at radius 3 is 2.47 bits per heavy atom. The number of fused-ring (bicyclic) bond motifs is 2. The van der Waals surface area contributed by atoms with Gasteiger partial charge in [0, 0.05) is 37.3 Å². The molecule has 2 aliphatic rings.